The maximum atomic E-state index is 12.9. The molecule has 3 aliphatic carbocycles. The van der Waals surface area contributed by atoms with Crippen molar-refractivity contribution >= 4 is 33.3 Å². The lowest BCUT2D eigenvalue weighted by Crippen LogP contribution is -2.58. The topological polar surface area (TPSA) is 101 Å². The average molecular weight is 560 g/mol. The third kappa shape index (κ3) is 4.89. The fraction of sp³-hybridized carbons (Fsp3) is 0.615. The number of aromatic nitrogens is 3. The Bertz CT molecular complexity index is 1180. The molecule has 1 aliphatic heterocycles. The molecule has 0 aromatic carbocycles. The van der Waals surface area contributed by atoms with Crippen LogP contribution < -0.4 is 21.1 Å². The maximum Gasteiger partial charge on any atom is 0.283 e. The number of hydrogen-bond donors (Lipinski definition) is 2. The summed E-state index contributed by atoms with van der Waals surface area (Å²) >= 11 is 3.45. The Hall–Kier alpha value is -2.46. The Morgan fingerprint density at radius 2 is 2.06 bits per heavy atom. The molecule has 3 heterocycles. The molecule has 3 saturated carbocycles. The summed E-state index contributed by atoms with van der Waals surface area (Å²) in [7, 11) is 0. The van der Waals surface area contributed by atoms with Gasteiger partial charge in [0.1, 0.15) is 16.8 Å². The first-order chi connectivity index (χ1) is 17.2. The SMILES string of the molecule is C[C@@H]1[C@H]2C[C@@H](C[C@H]1Nc1cnn(CC(=O)NCc3ccnc(N4CCOCC4)c3)c(=O)c1Br)C2(C)C. The zero-order chi connectivity index (χ0) is 25.4. The highest BCUT2D eigenvalue weighted by Crippen LogP contribution is 2.61. The van der Waals surface area contributed by atoms with Crippen molar-refractivity contribution in [3.63, 3.8) is 0 Å². The number of ether oxygens (including phenoxy) is 1. The van der Waals surface area contributed by atoms with Gasteiger partial charge >= 0.3 is 0 Å². The second kappa shape index (κ2) is 10.1. The van der Waals surface area contributed by atoms with Gasteiger partial charge in [0.25, 0.3) is 5.56 Å². The second-order valence-electron chi connectivity index (χ2n) is 10.9. The Balaban J connectivity index is 1.17. The Morgan fingerprint density at radius 3 is 2.78 bits per heavy atom. The molecule has 9 nitrogen and oxygen atoms in total. The molecule has 2 bridgehead atoms. The standard InChI is InChI=1S/C26H35BrN6O3/c1-16-19-11-18(26(19,2)3)12-20(16)31-21-14-30-33(25(35)24(21)27)15-23(34)29-13-17-4-5-28-22(10-17)32-6-8-36-9-7-32/h4-5,10,14,16,18-20,31H,6-9,11-13,15H2,1-3H3,(H,29,34)/t16-,18+,19-,20-/m1/s1. The van der Waals surface area contributed by atoms with Gasteiger partial charge in [0.2, 0.25) is 5.91 Å². The molecule has 4 atom stereocenters. The molecule has 2 aromatic heterocycles. The van der Waals surface area contributed by atoms with Crippen LogP contribution in [0.2, 0.25) is 0 Å². The molecule has 194 valence electrons. The highest BCUT2D eigenvalue weighted by Gasteiger charge is 2.56. The van der Waals surface area contributed by atoms with Crippen molar-refractivity contribution in [1.29, 1.82) is 0 Å². The number of pyridine rings is 1. The molecule has 0 spiro atoms. The van der Waals surface area contributed by atoms with Gasteiger partial charge in [-0.2, -0.15) is 5.10 Å². The van der Waals surface area contributed by atoms with Crippen molar-refractivity contribution in [2.24, 2.45) is 23.2 Å². The van der Waals surface area contributed by atoms with Crippen LogP contribution in [-0.2, 0) is 22.6 Å². The van der Waals surface area contributed by atoms with Gasteiger partial charge in [-0.05, 0) is 69.6 Å². The summed E-state index contributed by atoms with van der Waals surface area (Å²) < 4.78 is 7.01. The van der Waals surface area contributed by atoms with Crippen molar-refractivity contribution in [2.45, 2.75) is 52.7 Å². The van der Waals surface area contributed by atoms with E-state index >= 15 is 0 Å². The van der Waals surface area contributed by atoms with Crippen molar-refractivity contribution in [2.75, 3.05) is 36.5 Å². The lowest BCUT2D eigenvalue weighted by atomic mass is 9.45. The smallest absolute Gasteiger partial charge is 0.283 e. The molecule has 2 N–H and O–H groups in total. The number of morpholine rings is 1. The summed E-state index contributed by atoms with van der Waals surface area (Å²) in [5.41, 5.74) is 1.73. The predicted molar refractivity (Wildman–Crippen MR) is 142 cm³/mol. The summed E-state index contributed by atoms with van der Waals surface area (Å²) in [5.74, 6) is 2.56. The molecule has 0 unspecified atom stereocenters. The number of rotatable bonds is 7. The van der Waals surface area contributed by atoms with E-state index in [9.17, 15) is 9.59 Å². The van der Waals surface area contributed by atoms with Crippen LogP contribution in [0.1, 0.15) is 39.2 Å². The van der Waals surface area contributed by atoms with E-state index in [1.165, 1.54) is 11.1 Å². The molecule has 36 heavy (non-hydrogen) atoms. The zero-order valence-corrected chi connectivity index (χ0v) is 22.8. The second-order valence-corrected chi connectivity index (χ2v) is 11.7. The fourth-order valence-corrected chi connectivity index (χ4v) is 6.57. The van der Waals surface area contributed by atoms with Gasteiger partial charge in [0, 0.05) is 31.9 Å². The number of carbonyl (C=O) groups excluding carboxylic acids is 1. The van der Waals surface area contributed by atoms with Crippen LogP contribution in [-0.4, -0.2) is 53.0 Å². The van der Waals surface area contributed by atoms with Crippen LogP contribution in [0.3, 0.4) is 0 Å². The highest BCUT2D eigenvalue weighted by molar-refractivity contribution is 9.10. The van der Waals surface area contributed by atoms with Crippen molar-refractivity contribution in [1.82, 2.24) is 20.1 Å². The molecule has 6 rings (SSSR count). The first-order valence-electron chi connectivity index (χ1n) is 12.8. The Labute approximate surface area is 220 Å². The molecular formula is C26H35BrN6O3. The van der Waals surface area contributed by atoms with E-state index < -0.39 is 0 Å². The van der Waals surface area contributed by atoms with Crippen LogP contribution in [0, 0.1) is 23.2 Å². The third-order valence-corrected chi connectivity index (χ3v) is 9.37. The molecule has 4 fully saturated rings. The lowest BCUT2D eigenvalue weighted by Gasteiger charge is -2.62. The molecule has 10 heteroatoms. The van der Waals surface area contributed by atoms with Gasteiger partial charge in [0.05, 0.1) is 25.1 Å². The van der Waals surface area contributed by atoms with Gasteiger partial charge in [0.15, 0.2) is 0 Å². The first-order valence-corrected chi connectivity index (χ1v) is 13.6. The molecular weight excluding hydrogens is 524 g/mol. The van der Waals surface area contributed by atoms with E-state index in [4.69, 9.17) is 4.74 Å². The summed E-state index contributed by atoms with van der Waals surface area (Å²) in [6, 6.07) is 4.18. The minimum absolute atomic E-state index is 0.142. The van der Waals surface area contributed by atoms with E-state index in [1.807, 2.05) is 12.1 Å². The monoisotopic (exact) mass is 558 g/mol. The van der Waals surface area contributed by atoms with Crippen LogP contribution in [0.15, 0.2) is 33.8 Å². The maximum absolute atomic E-state index is 12.9. The molecule has 2 aromatic rings. The summed E-state index contributed by atoms with van der Waals surface area (Å²) in [6.45, 7) is 10.2. The highest BCUT2D eigenvalue weighted by atomic mass is 79.9. The molecule has 1 saturated heterocycles. The van der Waals surface area contributed by atoms with Crippen LogP contribution in [0.5, 0.6) is 0 Å². The lowest BCUT2D eigenvalue weighted by molar-refractivity contribution is -0.122. The number of carbonyl (C=O) groups is 1. The Morgan fingerprint density at radius 1 is 1.28 bits per heavy atom. The van der Waals surface area contributed by atoms with Crippen molar-refractivity contribution in [3.8, 4) is 0 Å². The van der Waals surface area contributed by atoms with E-state index in [-0.39, 0.29) is 18.0 Å². The van der Waals surface area contributed by atoms with E-state index in [1.54, 1.807) is 12.4 Å². The van der Waals surface area contributed by atoms with Gasteiger partial charge < -0.3 is 20.3 Å². The average Bonchev–Trinajstić information content (AvgIpc) is 2.88. The summed E-state index contributed by atoms with van der Waals surface area (Å²) in [6.07, 6.45) is 5.80. The van der Waals surface area contributed by atoms with Gasteiger partial charge in [-0.25, -0.2) is 9.67 Å². The molecule has 0 radical (unpaired) electrons. The predicted octanol–water partition coefficient (Wildman–Crippen LogP) is 3.04. The van der Waals surface area contributed by atoms with Gasteiger partial charge in [-0.15, -0.1) is 0 Å². The minimum Gasteiger partial charge on any atom is -0.380 e. The zero-order valence-electron chi connectivity index (χ0n) is 21.2. The molecule has 1 amide bonds. The van der Waals surface area contributed by atoms with Crippen molar-refractivity contribution in [3.05, 3.63) is 44.9 Å². The summed E-state index contributed by atoms with van der Waals surface area (Å²) in [4.78, 5) is 32.1. The fourth-order valence-electron chi connectivity index (χ4n) is 6.15. The first kappa shape index (κ1) is 25.2. The number of halogens is 1. The van der Waals surface area contributed by atoms with Crippen LogP contribution >= 0.6 is 15.9 Å². The quantitative estimate of drug-likeness (QED) is 0.538. The van der Waals surface area contributed by atoms with E-state index in [0.717, 1.165) is 36.8 Å². The number of fused-ring (bicyclic) bond motifs is 2. The largest absolute Gasteiger partial charge is 0.380 e. The number of anilines is 2. The number of nitrogens with one attached hydrogen (secondary N) is 2. The van der Waals surface area contributed by atoms with Crippen LogP contribution in [0.25, 0.3) is 0 Å². The van der Waals surface area contributed by atoms with Crippen LogP contribution in [0.4, 0.5) is 11.5 Å². The van der Waals surface area contributed by atoms with E-state index in [2.05, 4.69) is 62.3 Å². The Kier molecular flexibility index (Phi) is 7.09. The minimum atomic E-state index is -0.317. The van der Waals surface area contributed by atoms with Gasteiger partial charge in [-0.3, -0.25) is 9.59 Å². The number of nitrogens with zero attached hydrogens (tertiary/aromatic N) is 4. The van der Waals surface area contributed by atoms with E-state index in [0.29, 0.717) is 53.2 Å². The molecule has 4 aliphatic rings. The summed E-state index contributed by atoms with van der Waals surface area (Å²) in [5, 5.41) is 10.7. The third-order valence-electron chi connectivity index (χ3n) is 8.61. The van der Waals surface area contributed by atoms with Crippen molar-refractivity contribution < 1.29 is 9.53 Å². The number of amides is 1. The number of hydrogen-bond acceptors (Lipinski definition) is 7. The normalized spacial score (nSPS) is 26.7. The van der Waals surface area contributed by atoms with Gasteiger partial charge in [-0.1, -0.05) is 20.8 Å².